The maximum absolute atomic E-state index is 14.6. The van der Waals surface area contributed by atoms with Crippen molar-refractivity contribution in [1.82, 2.24) is 19.8 Å². The summed E-state index contributed by atoms with van der Waals surface area (Å²) in [5.74, 6) is -0.564. The molecule has 0 spiro atoms. The lowest BCUT2D eigenvalue weighted by Crippen LogP contribution is -2.31. The van der Waals surface area contributed by atoms with E-state index < -0.39 is 0 Å². The average Bonchev–Trinajstić information content (AvgIpc) is 3.39. The van der Waals surface area contributed by atoms with Gasteiger partial charge in [-0.25, -0.2) is 4.39 Å². The van der Waals surface area contributed by atoms with E-state index in [9.17, 15) is 9.18 Å². The number of hydrogen-bond acceptors (Lipinski definition) is 4. The first kappa shape index (κ1) is 21.0. The first-order valence-corrected chi connectivity index (χ1v) is 10.5. The topological polar surface area (TPSA) is 59.4 Å². The molecule has 160 valence electrons. The van der Waals surface area contributed by atoms with Crippen molar-refractivity contribution in [3.05, 3.63) is 84.2 Å². The van der Waals surface area contributed by atoms with E-state index in [0.717, 1.165) is 11.4 Å². The molecule has 31 heavy (non-hydrogen) atoms. The highest BCUT2D eigenvalue weighted by atomic mass is 32.1. The van der Waals surface area contributed by atoms with Gasteiger partial charge in [-0.1, -0.05) is 18.2 Å². The number of benzene rings is 1. The maximum Gasteiger partial charge on any atom is 0.305 e. The smallest absolute Gasteiger partial charge is 0.305 e. The van der Waals surface area contributed by atoms with E-state index >= 15 is 0 Å². The van der Waals surface area contributed by atoms with Gasteiger partial charge in [0.1, 0.15) is 5.82 Å². The van der Waals surface area contributed by atoms with Crippen molar-refractivity contribution >= 4 is 23.3 Å². The molecular formula is C23H23FN4O2S. The molecular weight excluding hydrogens is 415 g/mol. The van der Waals surface area contributed by atoms with Crippen molar-refractivity contribution in [3.63, 3.8) is 0 Å². The van der Waals surface area contributed by atoms with Crippen LogP contribution in [0, 0.1) is 5.82 Å². The standard InChI is InChI=1S/C23H23FN4O2S/c1-30-20(29)12-7-15-28-22(21(26-23(28)31)17-9-4-5-13-25-17)19-11-6-14-27(19)18-10-3-2-8-16(18)24/h2-6,8-11,13-14,21-22H,7,12,15H2,1H3,(H,26,31). The van der Waals surface area contributed by atoms with Crippen molar-refractivity contribution < 1.29 is 13.9 Å². The largest absolute Gasteiger partial charge is 0.469 e. The summed E-state index contributed by atoms with van der Waals surface area (Å²) in [4.78, 5) is 18.2. The van der Waals surface area contributed by atoms with Crippen molar-refractivity contribution in [2.45, 2.75) is 24.9 Å². The Morgan fingerprint density at radius 3 is 2.74 bits per heavy atom. The zero-order valence-electron chi connectivity index (χ0n) is 17.1. The highest BCUT2D eigenvalue weighted by Crippen LogP contribution is 2.39. The van der Waals surface area contributed by atoms with Crippen LogP contribution in [0.15, 0.2) is 67.0 Å². The van der Waals surface area contributed by atoms with E-state index in [1.807, 2.05) is 52.1 Å². The van der Waals surface area contributed by atoms with Gasteiger partial charge in [0.2, 0.25) is 0 Å². The molecule has 0 amide bonds. The van der Waals surface area contributed by atoms with E-state index in [2.05, 4.69) is 10.3 Å². The molecule has 1 N–H and O–H groups in total. The summed E-state index contributed by atoms with van der Waals surface area (Å²) in [6.45, 7) is 0.553. The van der Waals surface area contributed by atoms with Gasteiger partial charge in [-0.3, -0.25) is 9.78 Å². The van der Waals surface area contributed by atoms with Crippen molar-refractivity contribution in [2.24, 2.45) is 0 Å². The number of halogens is 1. The molecule has 6 nitrogen and oxygen atoms in total. The Kier molecular flexibility index (Phi) is 6.27. The second kappa shape index (κ2) is 9.26. The van der Waals surface area contributed by atoms with Crippen LogP contribution >= 0.6 is 12.2 Å². The molecule has 1 aliphatic rings. The fraction of sp³-hybridized carbons (Fsp3) is 0.261. The SMILES string of the molecule is COC(=O)CCCN1C(=S)NC(c2ccccn2)C1c1cccn1-c1ccccc1F. The predicted molar refractivity (Wildman–Crippen MR) is 119 cm³/mol. The second-order valence-corrected chi connectivity index (χ2v) is 7.64. The maximum atomic E-state index is 14.6. The molecule has 2 atom stereocenters. The van der Waals surface area contributed by atoms with Crippen LogP contribution < -0.4 is 5.32 Å². The number of carbonyl (C=O) groups is 1. The fourth-order valence-corrected chi connectivity index (χ4v) is 4.30. The quantitative estimate of drug-likeness (QED) is 0.446. The number of nitrogens with one attached hydrogen (secondary N) is 1. The van der Waals surface area contributed by atoms with Crippen LogP contribution in [-0.2, 0) is 9.53 Å². The van der Waals surface area contributed by atoms with E-state index in [1.165, 1.54) is 13.2 Å². The lowest BCUT2D eigenvalue weighted by molar-refractivity contribution is -0.140. The van der Waals surface area contributed by atoms with Crippen molar-refractivity contribution in [3.8, 4) is 5.69 Å². The minimum absolute atomic E-state index is 0.216. The Morgan fingerprint density at radius 2 is 2.00 bits per heavy atom. The van der Waals surface area contributed by atoms with E-state index in [4.69, 9.17) is 17.0 Å². The minimum Gasteiger partial charge on any atom is -0.469 e. The molecule has 1 aromatic carbocycles. The number of hydrogen-bond donors (Lipinski definition) is 1. The number of esters is 1. The number of thiocarbonyl (C=S) groups is 1. The summed E-state index contributed by atoms with van der Waals surface area (Å²) in [5, 5.41) is 3.95. The molecule has 2 aromatic heterocycles. The number of para-hydroxylation sites is 1. The molecule has 0 bridgehead atoms. The summed E-state index contributed by atoms with van der Waals surface area (Å²) < 4.78 is 21.2. The summed E-state index contributed by atoms with van der Waals surface area (Å²) in [6.07, 6.45) is 4.47. The normalized spacial score (nSPS) is 18.1. The fourth-order valence-electron chi connectivity index (χ4n) is 3.97. The van der Waals surface area contributed by atoms with Crippen molar-refractivity contribution in [2.75, 3.05) is 13.7 Å². The first-order valence-electron chi connectivity index (χ1n) is 10.1. The Bertz CT molecular complexity index is 1070. The first-order chi connectivity index (χ1) is 15.1. The van der Waals surface area contributed by atoms with Crippen LogP contribution in [0.4, 0.5) is 4.39 Å². The van der Waals surface area contributed by atoms with Gasteiger partial charge < -0.3 is 19.5 Å². The lowest BCUT2D eigenvalue weighted by Gasteiger charge is -2.29. The molecule has 1 saturated heterocycles. The molecule has 0 saturated carbocycles. The summed E-state index contributed by atoms with van der Waals surface area (Å²) in [5.41, 5.74) is 2.19. The molecule has 0 radical (unpaired) electrons. The van der Waals surface area contributed by atoms with Crippen LogP contribution in [0.25, 0.3) is 5.69 Å². The summed E-state index contributed by atoms with van der Waals surface area (Å²) in [6, 6.07) is 15.8. The summed E-state index contributed by atoms with van der Waals surface area (Å²) in [7, 11) is 1.38. The van der Waals surface area contributed by atoms with Crippen LogP contribution in [0.5, 0.6) is 0 Å². The lowest BCUT2D eigenvalue weighted by atomic mass is 10.0. The monoisotopic (exact) mass is 438 g/mol. The van der Waals surface area contributed by atoms with Crippen LogP contribution in [0.3, 0.4) is 0 Å². The average molecular weight is 439 g/mol. The number of rotatable bonds is 7. The third-order valence-electron chi connectivity index (χ3n) is 5.40. The van der Waals surface area contributed by atoms with E-state index in [0.29, 0.717) is 30.2 Å². The van der Waals surface area contributed by atoms with Gasteiger partial charge in [-0.15, -0.1) is 0 Å². The molecule has 3 aromatic rings. The Balaban J connectivity index is 1.73. The predicted octanol–water partition coefficient (Wildman–Crippen LogP) is 3.94. The molecule has 4 rings (SSSR count). The van der Waals surface area contributed by atoms with Gasteiger partial charge in [-0.2, -0.15) is 0 Å². The highest BCUT2D eigenvalue weighted by Gasteiger charge is 2.41. The zero-order chi connectivity index (χ0) is 21.8. The molecule has 1 fully saturated rings. The number of pyridine rings is 1. The van der Waals surface area contributed by atoms with Crippen molar-refractivity contribution in [1.29, 1.82) is 0 Å². The molecule has 8 heteroatoms. The molecule has 0 aliphatic carbocycles. The number of aromatic nitrogens is 2. The number of ether oxygens (including phenoxy) is 1. The summed E-state index contributed by atoms with van der Waals surface area (Å²) >= 11 is 5.65. The highest BCUT2D eigenvalue weighted by molar-refractivity contribution is 7.80. The van der Waals surface area contributed by atoms with Gasteiger partial charge in [0, 0.05) is 31.1 Å². The number of nitrogens with zero attached hydrogens (tertiary/aromatic N) is 3. The minimum atomic E-state index is -0.305. The Hall–Kier alpha value is -3.26. The molecule has 2 unspecified atom stereocenters. The Morgan fingerprint density at radius 1 is 1.19 bits per heavy atom. The van der Waals surface area contributed by atoms with Gasteiger partial charge in [0.15, 0.2) is 5.11 Å². The van der Waals surface area contributed by atoms with E-state index in [-0.39, 0.29) is 23.9 Å². The van der Waals surface area contributed by atoms with Gasteiger partial charge >= 0.3 is 5.97 Å². The van der Waals surface area contributed by atoms with Crippen LogP contribution in [-0.4, -0.2) is 39.2 Å². The molecule has 1 aliphatic heterocycles. The van der Waals surface area contributed by atoms with Crippen LogP contribution in [0.1, 0.15) is 36.3 Å². The van der Waals surface area contributed by atoms with Gasteiger partial charge in [0.25, 0.3) is 0 Å². The van der Waals surface area contributed by atoms with Gasteiger partial charge in [0.05, 0.1) is 30.6 Å². The van der Waals surface area contributed by atoms with Gasteiger partial charge in [-0.05, 0) is 55.0 Å². The number of carbonyl (C=O) groups excluding carboxylic acids is 1. The third kappa shape index (κ3) is 4.29. The Labute approximate surface area is 185 Å². The zero-order valence-corrected chi connectivity index (χ0v) is 17.9. The van der Waals surface area contributed by atoms with E-state index in [1.54, 1.807) is 18.3 Å². The molecule has 3 heterocycles. The third-order valence-corrected chi connectivity index (χ3v) is 5.75. The second-order valence-electron chi connectivity index (χ2n) is 7.25. The number of methoxy groups -OCH3 is 1. The van der Waals surface area contributed by atoms with Crippen LogP contribution in [0.2, 0.25) is 0 Å².